The SMILES string of the molecule is C#CCCC(=O)NCCCCCN.Cl. The molecule has 3 nitrogen and oxygen atoms in total. The highest BCUT2D eigenvalue weighted by Crippen LogP contribution is 1.92. The molecule has 4 heteroatoms. The van der Waals surface area contributed by atoms with Crippen LogP contribution in [0.4, 0.5) is 0 Å². The van der Waals surface area contributed by atoms with Crippen molar-refractivity contribution in [3.8, 4) is 12.3 Å². The smallest absolute Gasteiger partial charge is 0.220 e. The second-order valence-electron chi connectivity index (χ2n) is 2.90. The van der Waals surface area contributed by atoms with E-state index >= 15 is 0 Å². The normalized spacial score (nSPS) is 8.57. The lowest BCUT2D eigenvalue weighted by Crippen LogP contribution is -2.23. The summed E-state index contributed by atoms with van der Waals surface area (Å²) in [5.74, 6) is 2.48. The zero-order valence-electron chi connectivity index (χ0n) is 8.42. The van der Waals surface area contributed by atoms with E-state index in [0.717, 1.165) is 32.4 Å². The van der Waals surface area contributed by atoms with Gasteiger partial charge in [0.15, 0.2) is 0 Å². The number of amides is 1. The Hall–Kier alpha value is -0.720. The standard InChI is InChI=1S/C10H18N2O.ClH/c1-2-3-7-10(13)12-9-6-4-5-8-11;/h1H,3-9,11H2,(H,12,13);1H. The quantitative estimate of drug-likeness (QED) is 0.496. The lowest BCUT2D eigenvalue weighted by Gasteiger charge is -2.02. The van der Waals surface area contributed by atoms with Crippen LogP contribution >= 0.6 is 12.4 Å². The maximum atomic E-state index is 11.0. The maximum absolute atomic E-state index is 11.0. The Morgan fingerprint density at radius 2 is 2.07 bits per heavy atom. The van der Waals surface area contributed by atoms with E-state index < -0.39 is 0 Å². The molecule has 3 N–H and O–H groups in total. The fourth-order valence-corrected chi connectivity index (χ4v) is 0.948. The second kappa shape index (κ2) is 12.3. The maximum Gasteiger partial charge on any atom is 0.220 e. The molecule has 0 unspecified atom stereocenters. The molecular formula is C10H19ClN2O. The molecule has 0 fully saturated rings. The molecule has 0 spiro atoms. The van der Waals surface area contributed by atoms with Crippen LogP contribution < -0.4 is 11.1 Å². The number of carbonyl (C=O) groups is 1. The number of unbranched alkanes of at least 4 members (excludes halogenated alkanes) is 2. The Kier molecular flexibility index (Phi) is 13.8. The fraction of sp³-hybridized carbons (Fsp3) is 0.700. The molecule has 0 aliphatic carbocycles. The zero-order chi connectivity index (χ0) is 9.94. The summed E-state index contributed by atoms with van der Waals surface area (Å²) in [6, 6.07) is 0. The number of nitrogens with one attached hydrogen (secondary N) is 1. The van der Waals surface area contributed by atoms with E-state index in [1.165, 1.54) is 0 Å². The van der Waals surface area contributed by atoms with Gasteiger partial charge < -0.3 is 11.1 Å². The summed E-state index contributed by atoms with van der Waals surface area (Å²) in [6.45, 7) is 1.47. The van der Waals surface area contributed by atoms with Crippen molar-refractivity contribution in [2.24, 2.45) is 5.73 Å². The van der Waals surface area contributed by atoms with Crippen LogP contribution in [0.1, 0.15) is 32.1 Å². The van der Waals surface area contributed by atoms with Crippen molar-refractivity contribution < 1.29 is 4.79 Å². The molecule has 0 rings (SSSR count). The molecule has 0 aliphatic rings. The Morgan fingerprint density at radius 1 is 1.36 bits per heavy atom. The summed E-state index contributed by atoms with van der Waals surface area (Å²) in [5, 5.41) is 2.80. The van der Waals surface area contributed by atoms with Crippen molar-refractivity contribution in [3.63, 3.8) is 0 Å². The van der Waals surface area contributed by atoms with Crippen LogP contribution in [-0.2, 0) is 4.79 Å². The molecule has 0 aliphatic heterocycles. The first-order valence-corrected chi connectivity index (χ1v) is 4.71. The number of halogens is 1. The van der Waals surface area contributed by atoms with E-state index in [-0.39, 0.29) is 18.3 Å². The highest BCUT2D eigenvalue weighted by molar-refractivity contribution is 5.85. The highest BCUT2D eigenvalue weighted by Gasteiger charge is 1.97. The molecule has 14 heavy (non-hydrogen) atoms. The average Bonchev–Trinajstić information content (AvgIpc) is 2.14. The van der Waals surface area contributed by atoms with Gasteiger partial charge in [-0.05, 0) is 19.4 Å². The minimum atomic E-state index is 0. The van der Waals surface area contributed by atoms with Crippen molar-refractivity contribution in [1.29, 1.82) is 0 Å². The molecule has 0 bridgehead atoms. The molecular weight excluding hydrogens is 200 g/mol. The van der Waals surface area contributed by atoms with Crippen LogP contribution in [0.5, 0.6) is 0 Å². The van der Waals surface area contributed by atoms with Crippen molar-refractivity contribution in [2.45, 2.75) is 32.1 Å². The van der Waals surface area contributed by atoms with Crippen molar-refractivity contribution in [2.75, 3.05) is 13.1 Å². The molecule has 0 saturated heterocycles. The van der Waals surface area contributed by atoms with Gasteiger partial charge in [-0.25, -0.2) is 0 Å². The van der Waals surface area contributed by atoms with Crippen LogP contribution in [0.15, 0.2) is 0 Å². The molecule has 0 atom stereocenters. The number of hydrogen-bond acceptors (Lipinski definition) is 2. The Bertz CT molecular complexity index is 177. The van der Waals surface area contributed by atoms with Crippen LogP contribution in [-0.4, -0.2) is 19.0 Å². The van der Waals surface area contributed by atoms with E-state index in [2.05, 4.69) is 11.2 Å². The van der Waals surface area contributed by atoms with Crippen molar-refractivity contribution in [1.82, 2.24) is 5.32 Å². The first-order valence-electron chi connectivity index (χ1n) is 4.71. The van der Waals surface area contributed by atoms with Gasteiger partial charge in [0.1, 0.15) is 0 Å². The summed E-state index contributed by atoms with van der Waals surface area (Å²) >= 11 is 0. The number of carbonyl (C=O) groups excluding carboxylic acids is 1. The second-order valence-corrected chi connectivity index (χ2v) is 2.90. The van der Waals surface area contributed by atoms with Gasteiger partial charge in [0.2, 0.25) is 5.91 Å². The number of hydrogen-bond donors (Lipinski definition) is 2. The molecule has 0 heterocycles. The zero-order valence-corrected chi connectivity index (χ0v) is 9.24. The Balaban J connectivity index is 0. The molecule has 1 amide bonds. The number of nitrogens with two attached hydrogens (primary N) is 1. The topological polar surface area (TPSA) is 55.1 Å². The van der Waals surface area contributed by atoms with E-state index in [0.29, 0.717) is 12.8 Å². The van der Waals surface area contributed by atoms with Crippen LogP contribution in [0, 0.1) is 12.3 Å². The lowest BCUT2D eigenvalue weighted by atomic mass is 10.2. The van der Waals surface area contributed by atoms with Crippen molar-refractivity contribution in [3.05, 3.63) is 0 Å². The average molecular weight is 219 g/mol. The van der Waals surface area contributed by atoms with Gasteiger partial charge in [0.25, 0.3) is 0 Å². The molecule has 0 aromatic carbocycles. The summed E-state index contributed by atoms with van der Waals surface area (Å²) in [7, 11) is 0. The predicted molar refractivity (Wildman–Crippen MR) is 61.2 cm³/mol. The highest BCUT2D eigenvalue weighted by atomic mass is 35.5. The van der Waals surface area contributed by atoms with Gasteiger partial charge in [-0.15, -0.1) is 24.8 Å². The number of rotatable bonds is 7. The molecule has 0 radical (unpaired) electrons. The molecule has 0 saturated carbocycles. The third kappa shape index (κ3) is 11.3. The van der Waals surface area contributed by atoms with Gasteiger partial charge >= 0.3 is 0 Å². The van der Waals surface area contributed by atoms with Gasteiger partial charge in [0.05, 0.1) is 0 Å². The van der Waals surface area contributed by atoms with Gasteiger partial charge in [-0.1, -0.05) is 6.42 Å². The first kappa shape index (κ1) is 15.7. The monoisotopic (exact) mass is 218 g/mol. The van der Waals surface area contributed by atoms with E-state index in [4.69, 9.17) is 12.2 Å². The summed E-state index contributed by atoms with van der Waals surface area (Å²) < 4.78 is 0. The molecule has 0 aromatic rings. The molecule has 0 aromatic heterocycles. The van der Waals surface area contributed by atoms with Crippen LogP contribution in [0.3, 0.4) is 0 Å². The van der Waals surface area contributed by atoms with Gasteiger partial charge in [0, 0.05) is 19.4 Å². The summed E-state index contributed by atoms with van der Waals surface area (Å²) in [4.78, 5) is 11.0. The van der Waals surface area contributed by atoms with Crippen molar-refractivity contribution >= 4 is 18.3 Å². The predicted octanol–water partition coefficient (Wildman–Crippen LogP) is 1.07. The van der Waals surface area contributed by atoms with Gasteiger partial charge in [-0.2, -0.15) is 0 Å². The lowest BCUT2D eigenvalue weighted by molar-refractivity contribution is -0.120. The Labute approximate surface area is 92.2 Å². The minimum absolute atomic E-state index is 0. The third-order valence-corrected chi connectivity index (χ3v) is 1.70. The van der Waals surface area contributed by atoms with Gasteiger partial charge in [-0.3, -0.25) is 4.79 Å². The molecule has 82 valence electrons. The van der Waals surface area contributed by atoms with E-state index in [9.17, 15) is 4.79 Å². The third-order valence-electron chi connectivity index (χ3n) is 1.70. The van der Waals surface area contributed by atoms with E-state index in [1.54, 1.807) is 0 Å². The first-order chi connectivity index (χ1) is 6.31. The Morgan fingerprint density at radius 3 is 2.64 bits per heavy atom. The summed E-state index contributed by atoms with van der Waals surface area (Å²) in [5.41, 5.74) is 5.33. The fourth-order valence-electron chi connectivity index (χ4n) is 0.948. The van der Waals surface area contributed by atoms with E-state index in [1.807, 2.05) is 0 Å². The minimum Gasteiger partial charge on any atom is -0.356 e. The van der Waals surface area contributed by atoms with Crippen LogP contribution in [0.25, 0.3) is 0 Å². The van der Waals surface area contributed by atoms with Crippen LogP contribution in [0.2, 0.25) is 0 Å². The largest absolute Gasteiger partial charge is 0.356 e. The summed E-state index contributed by atoms with van der Waals surface area (Å²) in [6.07, 6.45) is 9.09. The number of terminal acetylenes is 1.